The first-order valence-electron chi connectivity index (χ1n) is 22.1. The van der Waals surface area contributed by atoms with E-state index < -0.39 is 11.7 Å². The fraction of sp³-hybridized carbons (Fsp3) is 0.500. The fourth-order valence-electron chi connectivity index (χ4n) is 6.72. The molecule has 0 spiro atoms. The SMILES string of the molecule is CCCN1CCN(C(=O)c2ccc(Nc3nc(-c4cccc(NC(=O)c5ccc(C(C)(C)C)cc5)c4C)cn(C)c3=O)cc2)CC1.CCCOC(C)(C)CNC(=O)OC(C)(C)C.CS. The Hall–Kier alpha value is -5.18. The number of rotatable bonds is 13. The molecule has 14 heteroatoms. The Kier molecular flexibility index (Phi) is 20.1. The molecule has 3 amide bonds. The number of carbonyl (C=O) groups is 3. The number of ether oxygens (including phenoxy) is 2. The van der Waals surface area contributed by atoms with Crippen LogP contribution in [-0.4, -0.2) is 101 Å². The average Bonchev–Trinajstić information content (AvgIpc) is 3.25. The quantitative estimate of drug-likeness (QED) is 0.0964. The van der Waals surface area contributed by atoms with Gasteiger partial charge in [0, 0.05) is 80.6 Å². The first-order chi connectivity index (χ1) is 30.1. The molecule has 1 aliphatic heterocycles. The average molecular weight is 900 g/mol. The highest BCUT2D eigenvalue weighted by atomic mass is 32.1. The third kappa shape index (κ3) is 16.4. The summed E-state index contributed by atoms with van der Waals surface area (Å²) in [6.07, 6.45) is 5.06. The number of nitrogens with one attached hydrogen (secondary N) is 3. The number of carbonyl (C=O) groups excluding carboxylic acids is 3. The van der Waals surface area contributed by atoms with E-state index in [4.69, 9.17) is 9.47 Å². The van der Waals surface area contributed by atoms with Gasteiger partial charge in [-0.15, -0.1) is 0 Å². The summed E-state index contributed by atoms with van der Waals surface area (Å²) in [5.74, 6) is -0.0147. The molecular weight excluding hydrogens is 827 g/mol. The van der Waals surface area contributed by atoms with Crippen molar-refractivity contribution < 1.29 is 23.9 Å². The van der Waals surface area contributed by atoms with Crippen LogP contribution in [0.15, 0.2) is 77.7 Å². The number of aromatic nitrogens is 2. The largest absolute Gasteiger partial charge is 0.444 e. The number of benzene rings is 3. The minimum Gasteiger partial charge on any atom is -0.444 e. The number of amides is 3. The summed E-state index contributed by atoms with van der Waals surface area (Å²) in [7, 11) is 1.68. The van der Waals surface area contributed by atoms with E-state index in [-0.39, 0.29) is 34.2 Å². The predicted octanol–water partition coefficient (Wildman–Crippen LogP) is 9.48. The fourth-order valence-corrected chi connectivity index (χ4v) is 6.72. The molecule has 0 unspecified atom stereocenters. The zero-order valence-corrected chi connectivity index (χ0v) is 41.4. The van der Waals surface area contributed by atoms with Crippen LogP contribution in [0.25, 0.3) is 11.3 Å². The van der Waals surface area contributed by atoms with Crippen molar-refractivity contribution in [2.45, 2.75) is 106 Å². The highest BCUT2D eigenvalue weighted by Crippen LogP contribution is 2.29. The molecule has 5 rings (SSSR count). The first-order valence-corrected chi connectivity index (χ1v) is 23.0. The molecule has 13 nitrogen and oxygen atoms in total. The molecule has 0 aliphatic carbocycles. The van der Waals surface area contributed by atoms with Crippen LogP contribution in [-0.2, 0) is 21.9 Å². The number of hydrogen-bond donors (Lipinski definition) is 4. The molecule has 64 heavy (non-hydrogen) atoms. The molecule has 1 saturated heterocycles. The van der Waals surface area contributed by atoms with E-state index in [9.17, 15) is 19.2 Å². The second-order valence-corrected chi connectivity index (χ2v) is 18.5. The van der Waals surface area contributed by atoms with Crippen LogP contribution in [0.5, 0.6) is 0 Å². The van der Waals surface area contributed by atoms with Crippen molar-refractivity contribution in [3.63, 3.8) is 0 Å². The Labute approximate surface area is 387 Å². The normalized spacial score (nSPS) is 13.1. The summed E-state index contributed by atoms with van der Waals surface area (Å²) in [6, 6.07) is 20.5. The number of piperazine rings is 1. The van der Waals surface area contributed by atoms with Crippen LogP contribution >= 0.6 is 12.6 Å². The highest BCUT2D eigenvalue weighted by molar-refractivity contribution is 7.79. The monoisotopic (exact) mass is 900 g/mol. The number of aryl methyl sites for hydroxylation is 1. The van der Waals surface area contributed by atoms with E-state index in [2.05, 4.69) is 73.1 Å². The van der Waals surface area contributed by atoms with E-state index in [0.717, 1.165) is 62.3 Å². The van der Waals surface area contributed by atoms with Gasteiger partial charge < -0.3 is 34.9 Å². The van der Waals surface area contributed by atoms with Crippen molar-refractivity contribution in [1.82, 2.24) is 24.7 Å². The van der Waals surface area contributed by atoms with Crippen molar-refractivity contribution in [3.8, 4) is 11.3 Å². The summed E-state index contributed by atoms with van der Waals surface area (Å²) in [5.41, 5.74) is 4.78. The van der Waals surface area contributed by atoms with Gasteiger partial charge in [-0.1, -0.05) is 58.9 Å². The van der Waals surface area contributed by atoms with Crippen molar-refractivity contribution in [1.29, 1.82) is 0 Å². The Balaban J connectivity index is 0.000000513. The zero-order chi connectivity index (χ0) is 47.8. The summed E-state index contributed by atoms with van der Waals surface area (Å²) in [4.78, 5) is 59.6. The van der Waals surface area contributed by atoms with Crippen LogP contribution < -0.4 is 21.5 Å². The molecule has 3 N–H and O–H groups in total. The van der Waals surface area contributed by atoms with Crippen molar-refractivity contribution in [2.75, 3.05) is 62.8 Å². The standard InChI is InChI=1S/C37H44N6O3.C12H25NO3.CH4S/c1-7-19-42-20-22-43(23-21-42)35(45)27-13-17-29(18-14-27)38-33-36(46)41(6)24-32(39-33)30-9-8-10-31(25(30)2)40-34(44)26-11-15-28(16-12-26)37(3,4)5;1-7-8-15-12(5,6)9-13-10(14)16-11(2,3)4;1-2/h8-18,24H,7,19-23H2,1-6H3,(H,38,39)(H,40,44);7-9H2,1-6H3,(H,13,14);2H,1H3. The molecule has 1 fully saturated rings. The number of anilines is 3. The van der Waals surface area contributed by atoms with E-state index in [1.54, 1.807) is 43.8 Å². The molecule has 1 aromatic heterocycles. The van der Waals surface area contributed by atoms with E-state index >= 15 is 0 Å². The van der Waals surface area contributed by atoms with Crippen LogP contribution in [0.3, 0.4) is 0 Å². The summed E-state index contributed by atoms with van der Waals surface area (Å²) >= 11 is 3.53. The highest BCUT2D eigenvalue weighted by Gasteiger charge is 2.24. The van der Waals surface area contributed by atoms with Gasteiger partial charge in [-0.3, -0.25) is 19.3 Å². The first kappa shape index (κ1) is 53.2. The minimum absolute atomic E-state index is 0.00283. The molecule has 0 bridgehead atoms. The molecular formula is C50H73N7O6S. The lowest BCUT2D eigenvalue weighted by atomic mass is 9.86. The predicted molar refractivity (Wildman–Crippen MR) is 265 cm³/mol. The second-order valence-electron chi connectivity index (χ2n) is 18.5. The molecule has 0 saturated carbocycles. The molecule has 4 aromatic rings. The van der Waals surface area contributed by atoms with Gasteiger partial charge in [-0.2, -0.15) is 12.6 Å². The Morgan fingerprint density at radius 2 is 1.42 bits per heavy atom. The summed E-state index contributed by atoms with van der Waals surface area (Å²) in [6.45, 7) is 27.4. The number of thiol groups is 1. The molecule has 0 atom stereocenters. The zero-order valence-electron chi connectivity index (χ0n) is 40.5. The molecule has 1 aliphatic rings. The van der Waals surface area contributed by atoms with Gasteiger partial charge >= 0.3 is 6.09 Å². The van der Waals surface area contributed by atoms with Crippen LogP contribution in [0.1, 0.15) is 114 Å². The lowest BCUT2D eigenvalue weighted by Crippen LogP contribution is -2.48. The topological polar surface area (TPSA) is 147 Å². The number of nitrogens with zero attached hydrogens (tertiary/aromatic N) is 4. The van der Waals surface area contributed by atoms with Crippen LogP contribution in [0.2, 0.25) is 0 Å². The van der Waals surface area contributed by atoms with E-state index in [1.807, 2.05) is 88.9 Å². The molecule has 0 radical (unpaired) electrons. The summed E-state index contributed by atoms with van der Waals surface area (Å²) < 4.78 is 12.2. The lowest BCUT2D eigenvalue weighted by molar-refractivity contribution is -0.0189. The molecule has 350 valence electrons. The van der Waals surface area contributed by atoms with E-state index in [0.29, 0.717) is 41.3 Å². The van der Waals surface area contributed by atoms with Gasteiger partial charge in [0.05, 0.1) is 11.3 Å². The lowest BCUT2D eigenvalue weighted by Gasteiger charge is -2.34. The van der Waals surface area contributed by atoms with Gasteiger partial charge in [0.25, 0.3) is 17.4 Å². The maximum absolute atomic E-state index is 13.1. The third-order valence-electron chi connectivity index (χ3n) is 10.3. The minimum atomic E-state index is -0.460. The smallest absolute Gasteiger partial charge is 0.407 e. The van der Waals surface area contributed by atoms with Crippen molar-refractivity contribution >= 4 is 47.7 Å². The Bertz CT molecular complexity index is 2180. The Morgan fingerprint density at radius 3 is 1.98 bits per heavy atom. The van der Waals surface area contributed by atoms with Crippen molar-refractivity contribution in [2.24, 2.45) is 7.05 Å². The number of alkyl carbamates (subject to hydrolysis) is 1. The molecule has 2 heterocycles. The van der Waals surface area contributed by atoms with Gasteiger partial charge in [-0.05, 0) is 126 Å². The second kappa shape index (κ2) is 24.2. The van der Waals surface area contributed by atoms with Crippen LogP contribution in [0.4, 0.5) is 22.0 Å². The number of hydrogen-bond acceptors (Lipinski definition) is 10. The molecule has 3 aromatic carbocycles. The Morgan fingerprint density at radius 1 is 0.812 bits per heavy atom. The van der Waals surface area contributed by atoms with Gasteiger partial charge in [0.2, 0.25) is 0 Å². The third-order valence-corrected chi connectivity index (χ3v) is 10.3. The van der Waals surface area contributed by atoms with Gasteiger partial charge in [0.1, 0.15) is 5.60 Å². The van der Waals surface area contributed by atoms with E-state index in [1.165, 1.54) is 4.57 Å². The summed E-state index contributed by atoms with van der Waals surface area (Å²) in [5, 5.41) is 8.88. The maximum Gasteiger partial charge on any atom is 0.407 e. The maximum atomic E-state index is 13.1. The van der Waals surface area contributed by atoms with Crippen LogP contribution in [0, 0.1) is 6.92 Å². The van der Waals surface area contributed by atoms with Crippen molar-refractivity contribution in [3.05, 3.63) is 106 Å². The van der Waals surface area contributed by atoms with Gasteiger partial charge in [-0.25, -0.2) is 9.78 Å². The van der Waals surface area contributed by atoms with Gasteiger partial charge in [0.15, 0.2) is 5.82 Å².